The molecular weight excluding hydrogens is 878 g/mol. The number of nitrogens with one attached hydrogen (secondary N) is 1. The van der Waals surface area contributed by atoms with Crippen LogP contribution in [0, 0.1) is 0 Å². The van der Waals surface area contributed by atoms with Gasteiger partial charge in [-0.2, -0.15) is 10.2 Å². The standard InChI is InChI=1S/C22H19ClN6O2.C13H8ClN3O2.C9H13N3O.CH3F/c23-20-12-16(21-25-18(14-29(21)27-20)15-4-2-1-3-5-15)22(30)26-17-13-24-7-6-19(17)28-8-10-31-11-9-28;14-11-6-9(13(18)19)12-15-10(7-17(12)16-11)8-4-2-1-3-5-8;10-8-7-11-2-1-9(8)12-3-5-13-6-4-12;1-2/h1-7,12-14H,8-11H2,(H,26,30);1-7H,(H,18,19);1-2,7H,3-6,10H2;1H3/i;;;1D. The lowest BCUT2D eigenvalue weighted by molar-refractivity contribution is 0.0697. The van der Waals surface area contributed by atoms with Crippen molar-refractivity contribution in [2.45, 2.75) is 0 Å². The summed E-state index contributed by atoms with van der Waals surface area (Å²) in [6.07, 6.45) is 10.2. The molecule has 0 unspecified atom stereocenters. The van der Waals surface area contributed by atoms with Crippen molar-refractivity contribution in [2.75, 3.05) is 80.6 Å². The Morgan fingerprint density at radius 1 is 0.723 bits per heavy atom. The summed E-state index contributed by atoms with van der Waals surface area (Å²) in [5.41, 5.74) is 13.4. The quantitative estimate of drug-likeness (QED) is 0.143. The third-order valence-electron chi connectivity index (χ3n) is 9.98. The molecule has 0 radical (unpaired) electrons. The van der Waals surface area contributed by atoms with Crippen LogP contribution < -0.4 is 20.9 Å². The number of nitrogens with two attached hydrogens (primary N) is 1. The van der Waals surface area contributed by atoms with Crippen molar-refractivity contribution >= 4 is 69.1 Å². The van der Waals surface area contributed by atoms with Gasteiger partial charge in [-0.05, 0) is 24.3 Å². The molecule has 2 saturated heterocycles. The molecule has 0 bridgehead atoms. The normalized spacial score (nSPS) is 13.6. The van der Waals surface area contributed by atoms with E-state index in [4.69, 9.17) is 44.9 Å². The zero-order valence-corrected chi connectivity index (χ0v) is 36.2. The highest BCUT2D eigenvalue weighted by molar-refractivity contribution is 6.30. The Morgan fingerprint density at radius 2 is 1.18 bits per heavy atom. The maximum absolute atomic E-state index is 13.2. The third kappa shape index (κ3) is 11.3. The van der Waals surface area contributed by atoms with Crippen molar-refractivity contribution in [1.29, 1.82) is 0 Å². The SMILES string of the molecule is Nc1cnccc1N1CCOCC1.O=C(Nc1cnccc1N1CCOCC1)c1cc(Cl)nn2cc(-c3ccccc3)nc12.O=C(O)c1cc(Cl)nn2cc(-c3ccccc3)nc12.[2H]CF. The summed E-state index contributed by atoms with van der Waals surface area (Å²) in [5.74, 6) is -1.42. The number of fused-ring (bicyclic) bond motifs is 2. The first-order chi connectivity index (χ1) is 32.1. The molecule has 0 atom stereocenters. The molecule has 10 rings (SSSR count). The average Bonchev–Trinajstić information content (AvgIpc) is 3.98. The fraction of sp³-hybridized carbons (Fsp3) is 0.200. The van der Waals surface area contributed by atoms with E-state index in [1.807, 2.05) is 72.8 Å². The first kappa shape index (κ1) is 44.4. The van der Waals surface area contributed by atoms with Crippen LogP contribution in [-0.2, 0) is 9.47 Å². The lowest BCUT2D eigenvalue weighted by atomic mass is 10.2. The minimum atomic E-state index is -1.08. The highest BCUT2D eigenvalue weighted by atomic mass is 35.5. The number of amides is 1. The van der Waals surface area contributed by atoms with Gasteiger partial charge in [0.25, 0.3) is 5.91 Å². The first-order valence-electron chi connectivity index (χ1n) is 20.8. The fourth-order valence-corrected chi connectivity index (χ4v) is 7.34. The number of carboxylic acid groups (broad SMARTS) is 1. The van der Waals surface area contributed by atoms with E-state index in [-0.39, 0.29) is 27.4 Å². The number of halogens is 3. The van der Waals surface area contributed by atoms with E-state index in [9.17, 15) is 14.0 Å². The maximum atomic E-state index is 13.2. The molecule has 17 nitrogen and oxygen atoms in total. The zero-order valence-electron chi connectivity index (χ0n) is 35.7. The van der Waals surface area contributed by atoms with Crippen molar-refractivity contribution in [2.24, 2.45) is 0 Å². The summed E-state index contributed by atoms with van der Waals surface area (Å²) in [5, 5.41) is 20.7. The smallest absolute Gasteiger partial charge is 0.339 e. The molecule has 6 aromatic heterocycles. The van der Waals surface area contributed by atoms with Crippen LogP contribution in [0.5, 0.6) is 0 Å². The molecule has 0 spiro atoms. The molecule has 20 heteroatoms. The number of anilines is 4. The Morgan fingerprint density at radius 3 is 1.69 bits per heavy atom. The van der Waals surface area contributed by atoms with Crippen molar-refractivity contribution in [1.82, 2.24) is 39.2 Å². The van der Waals surface area contributed by atoms with Crippen LogP contribution in [0.25, 0.3) is 33.8 Å². The van der Waals surface area contributed by atoms with Gasteiger partial charge in [0.1, 0.15) is 5.56 Å². The number of nitrogen functional groups attached to an aromatic ring is 1. The molecule has 0 aliphatic carbocycles. The lowest BCUT2D eigenvalue weighted by Gasteiger charge is -2.30. The van der Waals surface area contributed by atoms with Crippen molar-refractivity contribution in [3.63, 3.8) is 0 Å². The molecule has 8 aromatic rings. The molecule has 0 saturated carbocycles. The number of morpholine rings is 2. The number of nitrogens with zero attached hydrogens (tertiary/aromatic N) is 10. The highest BCUT2D eigenvalue weighted by Gasteiger charge is 2.21. The monoisotopic (exact) mass is 921 g/mol. The lowest BCUT2D eigenvalue weighted by Crippen LogP contribution is -2.36. The largest absolute Gasteiger partial charge is 0.478 e. The van der Waals surface area contributed by atoms with Crippen LogP contribution in [0.1, 0.15) is 22.1 Å². The third-order valence-corrected chi connectivity index (χ3v) is 10.4. The van der Waals surface area contributed by atoms with Crippen LogP contribution in [0.15, 0.2) is 122 Å². The molecule has 4 N–H and O–H groups in total. The number of aromatic carboxylic acids is 1. The Bertz CT molecular complexity index is 2880. The number of rotatable bonds is 7. The molecule has 1 amide bonds. The molecule has 2 fully saturated rings. The number of aromatic nitrogens is 8. The number of hydrogen-bond donors (Lipinski definition) is 3. The van der Waals surface area contributed by atoms with Crippen LogP contribution in [0.2, 0.25) is 10.3 Å². The van der Waals surface area contributed by atoms with Gasteiger partial charge in [-0.25, -0.2) is 23.8 Å². The minimum absolute atomic E-state index is 0.0298. The minimum Gasteiger partial charge on any atom is -0.478 e. The summed E-state index contributed by atoms with van der Waals surface area (Å²) >= 11 is 12.0. The number of carboxylic acids is 1. The van der Waals surface area contributed by atoms with E-state index >= 15 is 0 Å². The number of carbonyl (C=O) groups is 2. The fourth-order valence-electron chi connectivity index (χ4n) is 6.96. The van der Waals surface area contributed by atoms with Crippen LogP contribution in [0.4, 0.5) is 27.1 Å². The van der Waals surface area contributed by atoms with Crippen LogP contribution >= 0.6 is 23.2 Å². The maximum Gasteiger partial charge on any atom is 0.339 e. The summed E-state index contributed by atoms with van der Waals surface area (Å²) in [4.78, 5) is 45.9. The Balaban J connectivity index is 0.000000157. The number of benzene rings is 2. The van der Waals surface area contributed by atoms with Crippen molar-refractivity contribution in [3.05, 3.63) is 144 Å². The summed E-state index contributed by atoms with van der Waals surface area (Å²) in [6.45, 7) is 6.17. The van der Waals surface area contributed by atoms with Gasteiger partial charge in [0.2, 0.25) is 0 Å². The summed E-state index contributed by atoms with van der Waals surface area (Å²) in [7, 11) is -1.00. The van der Waals surface area contributed by atoms with Gasteiger partial charge in [0, 0.05) is 49.7 Å². The average molecular weight is 923 g/mol. The van der Waals surface area contributed by atoms with Crippen LogP contribution in [0.3, 0.4) is 0 Å². The number of imidazole rings is 2. The number of hydrogen-bond acceptors (Lipinski definition) is 13. The topological polar surface area (TPSA) is 204 Å². The first-order valence-corrected chi connectivity index (χ1v) is 20.8. The second kappa shape index (κ2) is 21.9. The molecule has 8 heterocycles. The van der Waals surface area contributed by atoms with Gasteiger partial charge < -0.3 is 35.4 Å². The van der Waals surface area contributed by atoms with E-state index in [1.54, 1.807) is 37.2 Å². The van der Waals surface area contributed by atoms with Gasteiger partial charge >= 0.3 is 5.97 Å². The molecule has 334 valence electrons. The van der Waals surface area contributed by atoms with E-state index in [0.29, 0.717) is 41.5 Å². The van der Waals surface area contributed by atoms with Gasteiger partial charge in [-0.3, -0.25) is 19.2 Å². The van der Waals surface area contributed by atoms with Crippen molar-refractivity contribution < 1.29 is 29.9 Å². The Labute approximate surface area is 383 Å². The van der Waals surface area contributed by atoms with E-state index in [0.717, 1.165) is 67.6 Å². The zero-order chi connectivity index (χ0) is 46.4. The number of alkyl halides is 1. The number of pyridine rings is 2. The van der Waals surface area contributed by atoms with E-state index in [1.165, 1.54) is 21.2 Å². The Hall–Kier alpha value is -7.25. The van der Waals surface area contributed by atoms with Crippen molar-refractivity contribution in [3.8, 4) is 22.5 Å². The highest BCUT2D eigenvalue weighted by Crippen LogP contribution is 2.28. The van der Waals surface area contributed by atoms with Gasteiger partial charge in [-0.15, -0.1) is 0 Å². The van der Waals surface area contributed by atoms with Gasteiger partial charge in [-0.1, -0.05) is 83.9 Å². The van der Waals surface area contributed by atoms with Crippen LogP contribution in [-0.4, -0.2) is 116 Å². The van der Waals surface area contributed by atoms with Gasteiger partial charge in [0.15, 0.2) is 21.6 Å². The second-order valence-corrected chi connectivity index (χ2v) is 14.8. The molecule has 2 aromatic carbocycles. The molecule has 2 aliphatic rings. The number of carbonyl (C=O) groups excluding carboxylic acids is 1. The van der Waals surface area contributed by atoms with E-state index in [2.05, 4.69) is 45.2 Å². The van der Waals surface area contributed by atoms with E-state index < -0.39 is 13.1 Å². The predicted octanol–water partition coefficient (Wildman–Crippen LogP) is 7.37. The predicted molar refractivity (Wildman–Crippen MR) is 248 cm³/mol. The Kier molecular flexibility index (Phi) is 14.9. The summed E-state index contributed by atoms with van der Waals surface area (Å²) < 4.78 is 29.1. The molecule has 65 heavy (non-hydrogen) atoms. The second-order valence-electron chi connectivity index (χ2n) is 14.1. The van der Waals surface area contributed by atoms with Gasteiger partial charge in [0.05, 0.1) is 99.4 Å². The molecule has 2 aliphatic heterocycles. The number of ether oxygens (including phenoxy) is 2. The molecular formula is C45H43Cl2FN12O5. The summed E-state index contributed by atoms with van der Waals surface area (Å²) in [6, 6.07) is 25.8.